The summed E-state index contributed by atoms with van der Waals surface area (Å²) in [5.74, 6) is 0.773. The summed E-state index contributed by atoms with van der Waals surface area (Å²) in [5.41, 5.74) is 3.38. The van der Waals surface area contributed by atoms with E-state index in [1.807, 2.05) is 6.92 Å². The Hall–Kier alpha value is -1.81. The maximum atomic E-state index is 6.01. The molecule has 0 amide bonds. The molecular weight excluding hydrogens is 272 g/mol. The molecule has 0 atom stereocenters. The van der Waals surface area contributed by atoms with Gasteiger partial charge in [0.05, 0.1) is 17.9 Å². The monoisotopic (exact) mass is 288 g/mol. The van der Waals surface area contributed by atoms with Gasteiger partial charge in [-0.3, -0.25) is 0 Å². The molecule has 0 fully saturated rings. The van der Waals surface area contributed by atoms with Gasteiger partial charge >= 0.3 is 0 Å². The number of rotatable bonds is 2. The van der Waals surface area contributed by atoms with Gasteiger partial charge in [-0.2, -0.15) is 0 Å². The van der Waals surface area contributed by atoms with Crippen LogP contribution in [0, 0.1) is 6.92 Å². The van der Waals surface area contributed by atoms with Crippen molar-refractivity contribution in [3.8, 4) is 0 Å². The molecule has 3 rings (SSSR count). The third-order valence-corrected chi connectivity index (χ3v) is 3.73. The zero-order chi connectivity index (χ0) is 14.1. The number of para-hydroxylation sites is 2. The van der Waals surface area contributed by atoms with Gasteiger partial charge in [0.15, 0.2) is 0 Å². The Morgan fingerprint density at radius 2 is 1.90 bits per heavy atom. The van der Waals surface area contributed by atoms with E-state index in [4.69, 9.17) is 11.6 Å². The molecule has 2 heterocycles. The van der Waals surface area contributed by atoms with Crippen molar-refractivity contribution in [1.29, 1.82) is 0 Å². The topological polar surface area (TPSA) is 32.3 Å². The highest BCUT2D eigenvalue weighted by molar-refractivity contribution is 6.29. The van der Waals surface area contributed by atoms with Crippen LogP contribution in [0.15, 0.2) is 30.3 Å². The Bertz CT molecular complexity index is 609. The van der Waals surface area contributed by atoms with Crippen molar-refractivity contribution in [1.82, 2.24) is 9.97 Å². The summed E-state index contributed by atoms with van der Waals surface area (Å²) in [4.78, 5) is 13.4. The van der Waals surface area contributed by atoms with Crippen LogP contribution in [-0.2, 0) is 6.54 Å². The van der Waals surface area contributed by atoms with E-state index >= 15 is 0 Å². The summed E-state index contributed by atoms with van der Waals surface area (Å²) < 4.78 is 0. The molecule has 5 heteroatoms. The van der Waals surface area contributed by atoms with Crippen molar-refractivity contribution in [2.75, 3.05) is 29.9 Å². The SMILES string of the molecule is Cc1cc(Cl)nc(CN2CCN(C)c3ccccc32)n1. The number of anilines is 2. The van der Waals surface area contributed by atoms with Crippen molar-refractivity contribution in [3.63, 3.8) is 0 Å². The Labute approximate surface area is 124 Å². The first-order valence-corrected chi connectivity index (χ1v) is 7.06. The van der Waals surface area contributed by atoms with Gasteiger partial charge in [-0.05, 0) is 25.1 Å². The summed E-state index contributed by atoms with van der Waals surface area (Å²) in [6.07, 6.45) is 0. The lowest BCUT2D eigenvalue weighted by molar-refractivity contribution is 0.709. The van der Waals surface area contributed by atoms with Crippen LogP contribution in [0.3, 0.4) is 0 Å². The Kier molecular flexibility index (Phi) is 3.49. The largest absolute Gasteiger partial charge is 0.371 e. The van der Waals surface area contributed by atoms with E-state index in [-0.39, 0.29) is 0 Å². The summed E-state index contributed by atoms with van der Waals surface area (Å²) >= 11 is 6.01. The van der Waals surface area contributed by atoms with Crippen LogP contribution in [0.4, 0.5) is 11.4 Å². The van der Waals surface area contributed by atoms with Crippen molar-refractivity contribution in [2.24, 2.45) is 0 Å². The highest BCUT2D eigenvalue weighted by atomic mass is 35.5. The molecule has 0 bridgehead atoms. The van der Waals surface area contributed by atoms with Crippen molar-refractivity contribution < 1.29 is 0 Å². The second-order valence-corrected chi connectivity index (χ2v) is 5.47. The molecule has 2 aromatic rings. The molecule has 0 N–H and O–H groups in total. The number of hydrogen-bond acceptors (Lipinski definition) is 4. The fourth-order valence-corrected chi connectivity index (χ4v) is 2.82. The van der Waals surface area contributed by atoms with E-state index in [9.17, 15) is 0 Å². The van der Waals surface area contributed by atoms with Crippen LogP contribution in [0.1, 0.15) is 11.5 Å². The zero-order valence-corrected chi connectivity index (χ0v) is 12.4. The fourth-order valence-electron chi connectivity index (χ4n) is 2.56. The van der Waals surface area contributed by atoms with Crippen LogP contribution in [0.25, 0.3) is 0 Å². The molecule has 0 saturated carbocycles. The third kappa shape index (κ3) is 2.56. The lowest BCUT2D eigenvalue weighted by Gasteiger charge is -2.36. The molecule has 20 heavy (non-hydrogen) atoms. The minimum atomic E-state index is 0.509. The third-order valence-electron chi connectivity index (χ3n) is 3.54. The second-order valence-electron chi connectivity index (χ2n) is 5.08. The van der Waals surface area contributed by atoms with Gasteiger partial charge in [0, 0.05) is 25.8 Å². The normalized spacial score (nSPS) is 14.3. The molecule has 0 unspecified atom stereocenters. The van der Waals surface area contributed by atoms with Crippen LogP contribution in [0.2, 0.25) is 5.15 Å². The average Bonchev–Trinajstić information content (AvgIpc) is 2.41. The predicted molar refractivity (Wildman–Crippen MR) is 82.5 cm³/mol. The molecule has 0 saturated heterocycles. The molecule has 0 spiro atoms. The van der Waals surface area contributed by atoms with E-state index in [1.54, 1.807) is 6.07 Å². The van der Waals surface area contributed by atoms with Crippen LogP contribution in [0.5, 0.6) is 0 Å². The van der Waals surface area contributed by atoms with Gasteiger partial charge in [-0.25, -0.2) is 9.97 Å². The van der Waals surface area contributed by atoms with Crippen molar-refractivity contribution in [3.05, 3.63) is 47.0 Å². The Morgan fingerprint density at radius 3 is 2.65 bits per heavy atom. The number of benzene rings is 1. The summed E-state index contributed by atoms with van der Waals surface area (Å²) in [7, 11) is 2.12. The van der Waals surface area contributed by atoms with Gasteiger partial charge in [-0.15, -0.1) is 0 Å². The van der Waals surface area contributed by atoms with E-state index in [2.05, 4.69) is 51.1 Å². The number of aromatic nitrogens is 2. The number of hydrogen-bond donors (Lipinski definition) is 0. The highest BCUT2D eigenvalue weighted by Gasteiger charge is 2.20. The van der Waals surface area contributed by atoms with Gasteiger partial charge in [0.1, 0.15) is 11.0 Å². The standard InChI is InChI=1S/C15H17ClN4/c1-11-9-14(16)18-15(17-11)10-20-8-7-19(2)12-5-3-4-6-13(12)20/h3-6,9H,7-8,10H2,1-2H3. The molecule has 1 aromatic carbocycles. The van der Waals surface area contributed by atoms with Gasteiger partial charge in [0.25, 0.3) is 0 Å². The molecule has 1 aliphatic rings. The quantitative estimate of drug-likeness (QED) is 0.796. The minimum absolute atomic E-state index is 0.509. The molecule has 104 valence electrons. The average molecular weight is 289 g/mol. The van der Waals surface area contributed by atoms with E-state index in [0.717, 1.165) is 24.6 Å². The number of likely N-dealkylation sites (N-methyl/N-ethyl adjacent to an activating group) is 1. The lowest BCUT2D eigenvalue weighted by Crippen LogP contribution is -2.39. The first-order chi connectivity index (χ1) is 9.63. The molecule has 1 aliphatic heterocycles. The zero-order valence-electron chi connectivity index (χ0n) is 11.7. The van der Waals surface area contributed by atoms with E-state index < -0.39 is 0 Å². The van der Waals surface area contributed by atoms with Gasteiger partial charge < -0.3 is 9.80 Å². The van der Waals surface area contributed by atoms with Crippen molar-refractivity contribution in [2.45, 2.75) is 13.5 Å². The first kappa shape index (κ1) is 13.2. The molecule has 1 aromatic heterocycles. The number of aryl methyl sites for hydroxylation is 1. The molecule has 4 nitrogen and oxygen atoms in total. The smallest absolute Gasteiger partial charge is 0.149 e. The molecular formula is C15H17ClN4. The predicted octanol–water partition coefficient (Wildman–Crippen LogP) is 2.89. The number of halogens is 1. The summed E-state index contributed by atoms with van der Waals surface area (Å²) in [6.45, 7) is 4.58. The Morgan fingerprint density at radius 1 is 1.15 bits per heavy atom. The number of fused-ring (bicyclic) bond motifs is 1. The van der Waals surface area contributed by atoms with Gasteiger partial charge in [-0.1, -0.05) is 23.7 Å². The summed E-state index contributed by atoms with van der Waals surface area (Å²) in [5, 5.41) is 0.509. The Balaban J connectivity index is 1.90. The maximum Gasteiger partial charge on any atom is 0.149 e. The summed E-state index contributed by atoms with van der Waals surface area (Å²) in [6, 6.07) is 10.2. The second kappa shape index (κ2) is 5.29. The molecule has 0 aliphatic carbocycles. The van der Waals surface area contributed by atoms with E-state index in [0.29, 0.717) is 11.7 Å². The number of nitrogens with zero attached hydrogens (tertiary/aromatic N) is 4. The first-order valence-electron chi connectivity index (χ1n) is 6.68. The van der Waals surface area contributed by atoms with E-state index in [1.165, 1.54) is 11.4 Å². The minimum Gasteiger partial charge on any atom is -0.371 e. The van der Waals surface area contributed by atoms with Crippen LogP contribution in [-0.4, -0.2) is 30.1 Å². The van der Waals surface area contributed by atoms with Crippen LogP contribution < -0.4 is 9.80 Å². The highest BCUT2D eigenvalue weighted by Crippen LogP contribution is 2.32. The van der Waals surface area contributed by atoms with Crippen LogP contribution >= 0.6 is 11.6 Å². The molecule has 0 radical (unpaired) electrons. The fraction of sp³-hybridized carbons (Fsp3) is 0.333. The lowest BCUT2D eigenvalue weighted by atomic mass is 10.1. The maximum absolute atomic E-state index is 6.01. The van der Waals surface area contributed by atoms with Crippen molar-refractivity contribution >= 4 is 23.0 Å². The van der Waals surface area contributed by atoms with Gasteiger partial charge in [0.2, 0.25) is 0 Å².